The first-order valence-electron chi connectivity index (χ1n) is 6.55. The largest absolute Gasteiger partial charge is 0.395 e. The summed E-state index contributed by atoms with van der Waals surface area (Å²) in [7, 11) is 0. The summed E-state index contributed by atoms with van der Waals surface area (Å²) in [5.41, 5.74) is 6.28. The van der Waals surface area contributed by atoms with Crippen LogP contribution in [0.15, 0.2) is 23.7 Å². The lowest BCUT2D eigenvalue weighted by molar-refractivity contribution is -0.118. The van der Waals surface area contributed by atoms with Crippen molar-refractivity contribution in [3.05, 3.63) is 23.7 Å². The number of nitrogens with two attached hydrogens (primary N) is 1. The van der Waals surface area contributed by atoms with E-state index in [1.807, 2.05) is 0 Å². The van der Waals surface area contributed by atoms with Crippen LogP contribution in [0, 0.1) is 5.92 Å². The first-order valence-corrected chi connectivity index (χ1v) is 6.55. The summed E-state index contributed by atoms with van der Waals surface area (Å²) < 4.78 is 0. The fourth-order valence-corrected chi connectivity index (χ4v) is 2.41. The molecular formula is C13H20N4O2. The van der Waals surface area contributed by atoms with Crippen LogP contribution >= 0.6 is 0 Å². The van der Waals surface area contributed by atoms with Gasteiger partial charge in [0.05, 0.1) is 11.4 Å². The topological polar surface area (TPSA) is 96.2 Å². The van der Waals surface area contributed by atoms with Crippen molar-refractivity contribution in [1.82, 2.24) is 16.0 Å². The van der Waals surface area contributed by atoms with Gasteiger partial charge in [-0.3, -0.25) is 4.79 Å². The highest BCUT2D eigenvalue weighted by Gasteiger charge is 2.26. The Bertz CT molecular complexity index is 448. The number of urea groups is 1. The molecule has 6 heteroatoms. The Balaban J connectivity index is 2.01. The summed E-state index contributed by atoms with van der Waals surface area (Å²) >= 11 is 0. The molecule has 1 heterocycles. The molecule has 0 bridgehead atoms. The molecule has 0 saturated heterocycles. The first kappa shape index (κ1) is 13.5. The number of carbonyl (C=O) groups is 2. The van der Waals surface area contributed by atoms with Gasteiger partial charge in [0.15, 0.2) is 0 Å². The lowest BCUT2D eigenvalue weighted by atomic mass is 9.87. The highest BCUT2D eigenvalue weighted by atomic mass is 16.2. The molecule has 1 saturated carbocycles. The molecule has 0 aromatic rings. The minimum atomic E-state index is -0.485. The van der Waals surface area contributed by atoms with Crippen LogP contribution in [0.2, 0.25) is 0 Å². The second kappa shape index (κ2) is 5.34. The van der Waals surface area contributed by atoms with Crippen molar-refractivity contribution in [2.24, 2.45) is 11.7 Å². The van der Waals surface area contributed by atoms with Gasteiger partial charge in [0.25, 0.3) is 5.91 Å². The molecule has 0 unspecified atom stereocenters. The predicted molar refractivity (Wildman–Crippen MR) is 71.6 cm³/mol. The number of hydrogen-bond donors (Lipinski definition) is 4. The van der Waals surface area contributed by atoms with Crippen molar-refractivity contribution in [2.75, 3.05) is 0 Å². The number of amides is 3. The SMILES string of the molecule is C=C1NC(=O)NC(C(=O)NC2CCC(C)CC2)=C1N. The normalized spacial score (nSPS) is 27.6. The van der Waals surface area contributed by atoms with Gasteiger partial charge >= 0.3 is 6.03 Å². The maximum absolute atomic E-state index is 12.1. The Morgan fingerprint density at radius 1 is 1.32 bits per heavy atom. The number of nitrogens with one attached hydrogen (secondary N) is 3. The van der Waals surface area contributed by atoms with E-state index in [4.69, 9.17) is 5.73 Å². The third-order valence-electron chi connectivity index (χ3n) is 3.68. The van der Waals surface area contributed by atoms with Gasteiger partial charge < -0.3 is 21.7 Å². The van der Waals surface area contributed by atoms with Gasteiger partial charge in [-0.2, -0.15) is 0 Å². The molecule has 2 rings (SSSR count). The maximum atomic E-state index is 12.1. The number of rotatable bonds is 2. The lowest BCUT2D eigenvalue weighted by Crippen LogP contribution is -2.49. The van der Waals surface area contributed by atoms with Gasteiger partial charge in [0.1, 0.15) is 5.70 Å². The van der Waals surface area contributed by atoms with Crippen LogP contribution in [-0.2, 0) is 4.79 Å². The van der Waals surface area contributed by atoms with E-state index in [1.54, 1.807) is 0 Å². The molecule has 1 aliphatic carbocycles. The molecule has 3 amide bonds. The van der Waals surface area contributed by atoms with Crippen molar-refractivity contribution in [1.29, 1.82) is 0 Å². The van der Waals surface area contributed by atoms with Crippen molar-refractivity contribution in [2.45, 2.75) is 38.6 Å². The quantitative estimate of drug-likeness (QED) is 0.590. The summed E-state index contributed by atoms with van der Waals surface area (Å²) in [4.78, 5) is 23.4. The number of hydrogen-bond acceptors (Lipinski definition) is 3. The third-order valence-corrected chi connectivity index (χ3v) is 3.68. The molecule has 0 atom stereocenters. The molecule has 19 heavy (non-hydrogen) atoms. The van der Waals surface area contributed by atoms with E-state index in [2.05, 4.69) is 29.5 Å². The average molecular weight is 264 g/mol. The van der Waals surface area contributed by atoms with Gasteiger partial charge in [0.2, 0.25) is 0 Å². The molecule has 0 radical (unpaired) electrons. The van der Waals surface area contributed by atoms with Crippen molar-refractivity contribution in [3.63, 3.8) is 0 Å². The van der Waals surface area contributed by atoms with Crippen LogP contribution in [0.1, 0.15) is 32.6 Å². The molecule has 2 aliphatic rings. The van der Waals surface area contributed by atoms with Crippen LogP contribution in [0.4, 0.5) is 4.79 Å². The molecule has 0 aromatic heterocycles. The molecular weight excluding hydrogens is 244 g/mol. The van der Waals surface area contributed by atoms with Crippen LogP contribution in [0.25, 0.3) is 0 Å². The fourth-order valence-electron chi connectivity index (χ4n) is 2.41. The zero-order chi connectivity index (χ0) is 14.0. The van der Waals surface area contributed by atoms with Gasteiger partial charge in [-0.05, 0) is 31.6 Å². The predicted octanol–water partition coefficient (Wildman–Crippen LogP) is 0.678. The van der Waals surface area contributed by atoms with Crippen LogP contribution < -0.4 is 21.7 Å². The molecule has 0 spiro atoms. The molecule has 1 fully saturated rings. The highest BCUT2D eigenvalue weighted by Crippen LogP contribution is 2.23. The van der Waals surface area contributed by atoms with E-state index >= 15 is 0 Å². The fraction of sp³-hybridized carbons (Fsp3) is 0.538. The minimum absolute atomic E-state index is 0.0902. The summed E-state index contributed by atoms with van der Waals surface area (Å²) in [5.74, 6) is 0.379. The Morgan fingerprint density at radius 3 is 2.58 bits per heavy atom. The van der Waals surface area contributed by atoms with E-state index in [0.717, 1.165) is 31.6 Å². The van der Waals surface area contributed by atoms with E-state index < -0.39 is 6.03 Å². The molecule has 104 valence electrons. The van der Waals surface area contributed by atoms with Gasteiger partial charge in [0, 0.05) is 6.04 Å². The van der Waals surface area contributed by atoms with E-state index in [1.165, 1.54) is 0 Å². The molecule has 6 nitrogen and oxygen atoms in total. The average Bonchev–Trinajstić information content (AvgIpc) is 2.36. The van der Waals surface area contributed by atoms with Crippen LogP contribution in [0.5, 0.6) is 0 Å². The summed E-state index contributed by atoms with van der Waals surface area (Å²) in [5, 5.41) is 7.76. The molecule has 0 aromatic carbocycles. The standard InChI is InChI=1S/C13H20N4O2/c1-7-3-5-9(6-4-7)16-12(18)11-10(14)8(2)15-13(19)17-11/h7,9H,2-6,14H2,1H3,(H,16,18)(H2,15,17,19). The highest BCUT2D eigenvalue weighted by molar-refractivity contribution is 6.00. The van der Waals surface area contributed by atoms with E-state index in [9.17, 15) is 9.59 Å². The first-order chi connectivity index (χ1) is 8.97. The maximum Gasteiger partial charge on any atom is 0.323 e. The smallest absolute Gasteiger partial charge is 0.323 e. The van der Waals surface area contributed by atoms with Gasteiger partial charge in [-0.15, -0.1) is 0 Å². The molecule has 1 aliphatic heterocycles. The Hall–Kier alpha value is -1.98. The van der Waals surface area contributed by atoms with Gasteiger partial charge in [-0.25, -0.2) is 4.79 Å². The van der Waals surface area contributed by atoms with Crippen molar-refractivity contribution in [3.8, 4) is 0 Å². The number of carbonyl (C=O) groups excluding carboxylic acids is 2. The Morgan fingerprint density at radius 2 is 1.95 bits per heavy atom. The molecule has 5 N–H and O–H groups in total. The Kier molecular flexibility index (Phi) is 3.78. The monoisotopic (exact) mass is 264 g/mol. The third kappa shape index (κ3) is 3.07. The Labute approximate surface area is 112 Å². The van der Waals surface area contributed by atoms with Crippen molar-refractivity contribution < 1.29 is 9.59 Å². The second-order valence-electron chi connectivity index (χ2n) is 5.28. The second-order valence-corrected chi connectivity index (χ2v) is 5.28. The summed E-state index contributed by atoms with van der Waals surface area (Å²) in [6.45, 7) is 5.82. The van der Waals surface area contributed by atoms with E-state index in [0.29, 0.717) is 0 Å². The van der Waals surface area contributed by atoms with E-state index in [-0.39, 0.29) is 29.0 Å². The van der Waals surface area contributed by atoms with Crippen LogP contribution in [0.3, 0.4) is 0 Å². The summed E-state index contributed by atoms with van der Waals surface area (Å²) in [6, 6.07) is -0.328. The van der Waals surface area contributed by atoms with Crippen molar-refractivity contribution >= 4 is 11.9 Å². The summed E-state index contributed by atoms with van der Waals surface area (Å²) in [6.07, 6.45) is 4.15. The lowest BCUT2D eigenvalue weighted by Gasteiger charge is -2.28. The minimum Gasteiger partial charge on any atom is -0.395 e. The van der Waals surface area contributed by atoms with Gasteiger partial charge in [-0.1, -0.05) is 13.5 Å². The zero-order valence-electron chi connectivity index (χ0n) is 11.1. The zero-order valence-corrected chi connectivity index (χ0v) is 11.1. The van der Waals surface area contributed by atoms with Crippen LogP contribution in [-0.4, -0.2) is 18.0 Å².